The van der Waals surface area contributed by atoms with Crippen LogP contribution in [0.4, 0.5) is 0 Å². The number of nitrogens with two attached hydrogens (primary N) is 1. The zero-order valence-corrected chi connectivity index (χ0v) is 16.1. The van der Waals surface area contributed by atoms with Crippen molar-refractivity contribution in [2.45, 2.75) is 58.0 Å². The molecule has 0 bridgehead atoms. The van der Waals surface area contributed by atoms with E-state index >= 15 is 0 Å². The number of likely N-dealkylation sites (tertiary alicyclic amines) is 2. The SMILES string of the molecule is CC(C)(C)CC(=O)N1CCCC1C(=O)N1C[C@@H](N)[C@H](c2ccccc2)C1. The predicted molar refractivity (Wildman–Crippen MR) is 103 cm³/mol. The van der Waals surface area contributed by atoms with Gasteiger partial charge in [-0.1, -0.05) is 51.1 Å². The molecule has 2 saturated heterocycles. The lowest BCUT2D eigenvalue weighted by Gasteiger charge is -2.30. The molecule has 1 unspecified atom stereocenters. The fourth-order valence-corrected chi connectivity index (χ4v) is 4.15. The number of carbonyl (C=O) groups is 2. The Morgan fingerprint density at radius 2 is 1.85 bits per heavy atom. The van der Waals surface area contributed by atoms with Gasteiger partial charge >= 0.3 is 0 Å². The lowest BCUT2D eigenvalue weighted by Crippen LogP contribution is -2.48. The molecule has 1 aromatic rings. The molecule has 2 aliphatic rings. The Labute approximate surface area is 156 Å². The fraction of sp³-hybridized carbons (Fsp3) is 0.619. The molecule has 3 rings (SSSR count). The van der Waals surface area contributed by atoms with Crippen LogP contribution in [0.5, 0.6) is 0 Å². The first-order valence-corrected chi connectivity index (χ1v) is 9.65. The number of hydrogen-bond acceptors (Lipinski definition) is 3. The first-order chi connectivity index (χ1) is 12.3. The zero-order valence-electron chi connectivity index (χ0n) is 16.1. The lowest BCUT2D eigenvalue weighted by molar-refractivity contribution is -0.144. The van der Waals surface area contributed by atoms with Crippen LogP contribution >= 0.6 is 0 Å². The van der Waals surface area contributed by atoms with E-state index in [1.807, 2.05) is 23.1 Å². The quantitative estimate of drug-likeness (QED) is 0.903. The van der Waals surface area contributed by atoms with Gasteiger partial charge in [-0.3, -0.25) is 9.59 Å². The standard InChI is InChI=1S/C21H31N3O2/c1-21(2,3)12-19(25)24-11-7-10-18(24)20(26)23-13-16(17(22)14-23)15-8-5-4-6-9-15/h4-6,8-9,16-18H,7,10-14,22H2,1-3H3/t16-,17+,18?/m0/s1. The van der Waals surface area contributed by atoms with Crippen molar-refractivity contribution in [1.82, 2.24) is 9.80 Å². The monoisotopic (exact) mass is 357 g/mol. The maximum atomic E-state index is 13.1. The normalized spacial score (nSPS) is 26.4. The highest BCUT2D eigenvalue weighted by atomic mass is 16.2. The zero-order chi connectivity index (χ0) is 18.9. The Hall–Kier alpha value is -1.88. The van der Waals surface area contributed by atoms with Gasteiger partial charge in [0, 0.05) is 38.0 Å². The minimum absolute atomic E-state index is 0.0542. The number of hydrogen-bond donors (Lipinski definition) is 1. The third kappa shape index (κ3) is 4.09. The van der Waals surface area contributed by atoms with Crippen molar-refractivity contribution in [3.63, 3.8) is 0 Å². The first-order valence-electron chi connectivity index (χ1n) is 9.65. The Kier molecular flexibility index (Phi) is 5.37. The summed E-state index contributed by atoms with van der Waals surface area (Å²) in [7, 11) is 0. The maximum Gasteiger partial charge on any atom is 0.245 e. The van der Waals surface area contributed by atoms with Crippen molar-refractivity contribution in [2.24, 2.45) is 11.1 Å². The highest BCUT2D eigenvalue weighted by Crippen LogP contribution is 2.30. The van der Waals surface area contributed by atoms with Gasteiger partial charge in [0.15, 0.2) is 0 Å². The van der Waals surface area contributed by atoms with Crippen molar-refractivity contribution >= 4 is 11.8 Å². The molecule has 0 spiro atoms. The molecule has 3 atom stereocenters. The van der Waals surface area contributed by atoms with Crippen LogP contribution in [0.1, 0.15) is 51.5 Å². The van der Waals surface area contributed by atoms with Crippen LogP contribution in [0.2, 0.25) is 0 Å². The molecule has 5 heteroatoms. The average Bonchev–Trinajstić information content (AvgIpc) is 3.20. The number of nitrogens with zero attached hydrogens (tertiary/aromatic N) is 2. The predicted octanol–water partition coefficient (Wildman–Crippen LogP) is 2.37. The van der Waals surface area contributed by atoms with Crippen molar-refractivity contribution in [3.8, 4) is 0 Å². The summed E-state index contributed by atoms with van der Waals surface area (Å²) >= 11 is 0. The Morgan fingerprint density at radius 3 is 2.50 bits per heavy atom. The smallest absolute Gasteiger partial charge is 0.245 e. The van der Waals surface area contributed by atoms with E-state index in [2.05, 4.69) is 32.9 Å². The van der Waals surface area contributed by atoms with Crippen molar-refractivity contribution in [2.75, 3.05) is 19.6 Å². The Bertz CT molecular complexity index is 653. The van der Waals surface area contributed by atoms with E-state index < -0.39 is 0 Å². The summed E-state index contributed by atoms with van der Waals surface area (Å²) in [5, 5.41) is 0. The third-order valence-electron chi connectivity index (χ3n) is 5.44. The third-order valence-corrected chi connectivity index (χ3v) is 5.44. The van der Waals surface area contributed by atoms with Gasteiger partial charge in [-0.05, 0) is 23.8 Å². The van der Waals surface area contributed by atoms with E-state index in [1.165, 1.54) is 5.56 Å². The number of benzene rings is 1. The summed E-state index contributed by atoms with van der Waals surface area (Å²) in [5.74, 6) is 0.329. The van der Waals surface area contributed by atoms with Crippen LogP contribution in [0, 0.1) is 5.41 Å². The number of carbonyl (C=O) groups excluding carboxylic acids is 2. The van der Waals surface area contributed by atoms with E-state index in [-0.39, 0.29) is 35.2 Å². The van der Waals surface area contributed by atoms with Crippen molar-refractivity contribution in [3.05, 3.63) is 35.9 Å². The molecule has 1 aromatic carbocycles. The molecule has 2 aliphatic heterocycles. The second-order valence-corrected chi connectivity index (χ2v) is 8.91. The molecular formula is C21H31N3O2. The van der Waals surface area contributed by atoms with Gasteiger partial charge in [0.25, 0.3) is 0 Å². The van der Waals surface area contributed by atoms with Crippen LogP contribution < -0.4 is 5.73 Å². The topological polar surface area (TPSA) is 66.6 Å². The summed E-state index contributed by atoms with van der Waals surface area (Å²) < 4.78 is 0. The molecule has 5 nitrogen and oxygen atoms in total. The minimum atomic E-state index is -0.313. The number of amides is 2. The van der Waals surface area contributed by atoms with Crippen LogP contribution in [0.15, 0.2) is 30.3 Å². The van der Waals surface area contributed by atoms with Crippen LogP contribution in [-0.2, 0) is 9.59 Å². The van der Waals surface area contributed by atoms with E-state index in [9.17, 15) is 9.59 Å². The van der Waals surface area contributed by atoms with E-state index in [1.54, 1.807) is 4.90 Å². The Balaban J connectivity index is 1.68. The maximum absolute atomic E-state index is 13.1. The molecule has 142 valence electrons. The van der Waals surface area contributed by atoms with Gasteiger partial charge < -0.3 is 15.5 Å². The van der Waals surface area contributed by atoms with Crippen molar-refractivity contribution < 1.29 is 9.59 Å². The minimum Gasteiger partial charge on any atom is -0.339 e. The van der Waals surface area contributed by atoms with Crippen LogP contribution in [-0.4, -0.2) is 53.3 Å². The van der Waals surface area contributed by atoms with E-state index in [0.29, 0.717) is 26.1 Å². The lowest BCUT2D eigenvalue weighted by atomic mass is 9.91. The molecule has 2 heterocycles. The molecule has 0 aliphatic carbocycles. The van der Waals surface area contributed by atoms with Gasteiger partial charge in [-0.15, -0.1) is 0 Å². The summed E-state index contributed by atoms with van der Waals surface area (Å²) in [5.41, 5.74) is 7.46. The summed E-state index contributed by atoms with van der Waals surface area (Å²) in [6.45, 7) is 8.07. The van der Waals surface area contributed by atoms with Crippen molar-refractivity contribution in [1.29, 1.82) is 0 Å². The fourth-order valence-electron chi connectivity index (χ4n) is 4.15. The summed E-state index contributed by atoms with van der Waals surface area (Å²) in [4.78, 5) is 29.5. The molecule has 2 N–H and O–H groups in total. The van der Waals surface area contributed by atoms with Crippen LogP contribution in [0.3, 0.4) is 0 Å². The molecule has 0 radical (unpaired) electrons. The largest absolute Gasteiger partial charge is 0.339 e. The highest BCUT2D eigenvalue weighted by molar-refractivity contribution is 5.88. The van der Waals surface area contributed by atoms with Gasteiger partial charge in [0.2, 0.25) is 11.8 Å². The average molecular weight is 357 g/mol. The molecule has 26 heavy (non-hydrogen) atoms. The molecule has 0 aromatic heterocycles. The van der Waals surface area contributed by atoms with Gasteiger partial charge in [0.1, 0.15) is 6.04 Å². The highest BCUT2D eigenvalue weighted by Gasteiger charge is 2.41. The van der Waals surface area contributed by atoms with Gasteiger partial charge in [-0.25, -0.2) is 0 Å². The van der Waals surface area contributed by atoms with Gasteiger partial charge in [-0.2, -0.15) is 0 Å². The Morgan fingerprint density at radius 1 is 1.15 bits per heavy atom. The second kappa shape index (κ2) is 7.39. The molecule has 2 fully saturated rings. The second-order valence-electron chi connectivity index (χ2n) is 8.91. The number of rotatable bonds is 3. The first kappa shape index (κ1) is 18.9. The molecule has 2 amide bonds. The van der Waals surface area contributed by atoms with E-state index in [4.69, 9.17) is 5.73 Å². The van der Waals surface area contributed by atoms with E-state index in [0.717, 1.165) is 12.8 Å². The summed E-state index contributed by atoms with van der Waals surface area (Å²) in [6.07, 6.45) is 2.13. The van der Waals surface area contributed by atoms with Crippen LogP contribution in [0.25, 0.3) is 0 Å². The van der Waals surface area contributed by atoms with Gasteiger partial charge in [0.05, 0.1) is 0 Å². The molecule has 0 saturated carbocycles. The summed E-state index contributed by atoms with van der Waals surface area (Å²) in [6, 6.07) is 9.80. The molecular weight excluding hydrogens is 326 g/mol.